The van der Waals surface area contributed by atoms with E-state index in [0.29, 0.717) is 25.4 Å². The van der Waals surface area contributed by atoms with Gasteiger partial charge >= 0.3 is 5.97 Å². The molecule has 0 aromatic carbocycles. The van der Waals surface area contributed by atoms with E-state index in [1.165, 1.54) is 17.7 Å². The first-order valence-electron chi connectivity index (χ1n) is 13.5. The molecule has 0 aliphatic carbocycles. The predicted molar refractivity (Wildman–Crippen MR) is 140 cm³/mol. The Bertz CT molecular complexity index is 961. The molecule has 0 spiro atoms. The molecule has 4 aliphatic rings. The van der Waals surface area contributed by atoms with Gasteiger partial charge in [0.2, 0.25) is 0 Å². The van der Waals surface area contributed by atoms with Gasteiger partial charge in [0.1, 0.15) is 6.10 Å². The van der Waals surface area contributed by atoms with Crippen molar-refractivity contribution >= 4 is 11.8 Å². The third kappa shape index (κ3) is 8.60. The Labute approximate surface area is 219 Å². The second-order valence-corrected chi connectivity index (χ2v) is 10.9. The second kappa shape index (κ2) is 13.0. The van der Waals surface area contributed by atoms with Crippen molar-refractivity contribution < 1.29 is 33.6 Å². The van der Waals surface area contributed by atoms with Crippen LogP contribution in [0.25, 0.3) is 0 Å². The summed E-state index contributed by atoms with van der Waals surface area (Å²) in [6.07, 6.45) is 14.2. The molecule has 0 aromatic rings. The van der Waals surface area contributed by atoms with Crippen LogP contribution in [0.2, 0.25) is 0 Å². The summed E-state index contributed by atoms with van der Waals surface area (Å²) in [7, 11) is 0. The van der Waals surface area contributed by atoms with Crippen molar-refractivity contribution in [2.75, 3.05) is 6.61 Å². The van der Waals surface area contributed by atoms with Crippen molar-refractivity contribution in [3.63, 3.8) is 0 Å². The zero-order chi connectivity index (χ0) is 26.4. The van der Waals surface area contributed by atoms with Gasteiger partial charge in [-0.2, -0.15) is 0 Å². The number of carbonyl (C=O) groups is 2. The van der Waals surface area contributed by atoms with E-state index in [0.717, 1.165) is 31.3 Å². The van der Waals surface area contributed by atoms with Crippen molar-refractivity contribution in [1.29, 1.82) is 0 Å². The second-order valence-electron chi connectivity index (χ2n) is 10.9. The summed E-state index contributed by atoms with van der Waals surface area (Å²) in [5, 5.41) is 10.7. The molecule has 0 radical (unpaired) electrons. The number of hydrogen-bond acceptors (Lipinski definition) is 7. The minimum absolute atomic E-state index is 0.104. The molecule has 0 aromatic heterocycles. The van der Waals surface area contributed by atoms with Crippen molar-refractivity contribution in [3.05, 3.63) is 60.3 Å². The summed E-state index contributed by atoms with van der Waals surface area (Å²) in [5.74, 6) is -0.537. The van der Waals surface area contributed by atoms with E-state index in [9.17, 15) is 14.7 Å². The van der Waals surface area contributed by atoms with E-state index < -0.39 is 24.3 Å². The molecule has 5 unspecified atom stereocenters. The molecular weight excluding hydrogens is 472 g/mol. The highest BCUT2D eigenvalue weighted by atomic mass is 16.6. The Kier molecular flexibility index (Phi) is 9.71. The fourth-order valence-electron chi connectivity index (χ4n) is 5.34. The molecule has 7 nitrogen and oxygen atoms in total. The fourth-order valence-corrected chi connectivity index (χ4v) is 5.34. The molecular formula is C30H40O7. The van der Waals surface area contributed by atoms with Gasteiger partial charge in [-0.1, -0.05) is 55.0 Å². The van der Waals surface area contributed by atoms with E-state index in [1.54, 1.807) is 12.2 Å². The first-order valence-corrected chi connectivity index (χ1v) is 13.5. The fraction of sp³-hybridized carbons (Fsp3) is 0.600. The maximum absolute atomic E-state index is 13.0. The van der Waals surface area contributed by atoms with Gasteiger partial charge in [0.05, 0.1) is 37.1 Å². The monoisotopic (exact) mass is 512 g/mol. The highest BCUT2D eigenvalue weighted by Gasteiger charge is 2.46. The van der Waals surface area contributed by atoms with E-state index in [1.807, 2.05) is 19.1 Å². The van der Waals surface area contributed by atoms with E-state index in [2.05, 4.69) is 19.6 Å². The maximum atomic E-state index is 13.0. The lowest BCUT2D eigenvalue weighted by Crippen LogP contribution is -2.29. The quantitative estimate of drug-likeness (QED) is 0.261. The van der Waals surface area contributed by atoms with Crippen molar-refractivity contribution in [2.45, 2.75) is 102 Å². The van der Waals surface area contributed by atoms with Crippen LogP contribution in [0.1, 0.15) is 58.8 Å². The topological polar surface area (TPSA) is 94.6 Å². The molecule has 0 amide bonds. The van der Waals surface area contributed by atoms with Crippen LogP contribution in [0.4, 0.5) is 0 Å². The summed E-state index contributed by atoms with van der Waals surface area (Å²) in [6, 6.07) is 0. The average molecular weight is 513 g/mol. The maximum Gasteiger partial charge on any atom is 0.331 e. The van der Waals surface area contributed by atoms with Crippen LogP contribution in [-0.4, -0.2) is 66.2 Å². The molecule has 37 heavy (non-hydrogen) atoms. The lowest BCUT2D eigenvalue weighted by atomic mass is 9.91. The van der Waals surface area contributed by atoms with Gasteiger partial charge in [0, 0.05) is 12.5 Å². The number of hydrogen-bond donors (Lipinski definition) is 1. The Balaban J connectivity index is 1.45. The lowest BCUT2D eigenvalue weighted by Gasteiger charge is -2.28. The summed E-state index contributed by atoms with van der Waals surface area (Å²) in [4.78, 5) is 25.7. The Morgan fingerprint density at radius 2 is 1.97 bits per heavy atom. The molecule has 202 valence electrons. The SMILES string of the molecule is C=C1CC(C)CC2CC=C[C@@H](C/C=C\C(=O)OC(C(=O)/C=C/C3CC(C)=CCO3)C[C@@H]3O[C@H]3C(O)C1)O2. The van der Waals surface area contributed by atoms with Gasteiger partial charge in [0.15, 0.2) is 11.9 Å². The first kappa shape index (κ1) is 27.7. The van der Waals surface area contributed by atoms with Crippen LogP contribution in [0.15, 0.2) is 60.3 Å². The zero-order valence-corrected chi connectivity index (χ0v) is 21.9. The number of rotatable bonds is 3. The van der Waals surface area contributed by atoms with E-state index >= 15 is 0 Å². The smallest absolute Gasteiger partial charge is 0.331 e. The number of ether oxygens (including phenoxy) is 4. The number of fused-ring (bicyclic) bond motifs is 3. The highest BCUT2D eigenvalue weighted by Crippen LogP contribution is 2.34. The van der Waals surface area contributed by atoms with Gasteiger partial charge < -0.3 is 24.1 Å². The summed E-state index contributed by atoms with van der Waals surface area (Å²) < 4.78 is 23.2. The minimum Gasteiger partial charge on any atom is -0.451 e. The Morgan fingerprint density at radius 3 is 2.78 bits per heavy atom. The van der Waals surface area contributed by atoms with Gasteiger partial charge in [-0.15, -0.1) is 0 Å². The standard InChI is InChI=1S/C30H40O7/c1-19-12-13-34-23(15-19)10-11-25(31)27-18-28-30(37-28)26(32)17-21(3)14-20(2)16-24-8-4-6-22(35-24)7-5-9-29(33)36-27/h4-6,9-12,20,22-24,26-28,30,32H,3,7-8,13-18H2,1-2H3/b9-5-,11-10+/t20?,22-,23?,24?,26?,27?,28-,30-/m0/s1. The Morgan fingerprint density at radius 1 is 1.14 bits per heavy atom. The zero-order valence-electron chi connectivity index (χ0n) is 21.9. The number of aliphatic hydroxyl groups excluding tert-OH is 1. The van der Waals surface area contributed by atoms with Crippen molar-refractivity contribution in [3.8, 4) is 0 Å². The van der Waals surface area contributed by atoms with Crippen molar-refractivity contribution in [2.24, 2.45) is 5.92 Å². The average Bonchev–Trinajstić information content (AvgIpc) is 3.61. The lowest BCUT2D eigenvalue weighted by molar-refractivity contribution is -0.149. The normalized spacial score (nSPS) is 38.6. The number of carbonyl (C=O) groups excluding carboxylic acids is 2. The molecule has 0 saturated carbocycles. The van der Waals surface area contributed by atoms with Crippen molar-refractivity contribution in [1.82, 2.24) is 0 Å². The summed E-state index contributed by atoms with van der Waals surface area (Å²) >= 11 is 0. The van der Waals surface area contributed by atoms with Gasteiger partial charge in [-0.25, -0.2) is 4.79 Å². The Hall–Kier alpha value is -2.32. The number of ketones is 1. The molecule has 7 heteroatoms. The minimum atomic E-state index is -1.01. The third-order valence-corrected chi connectivity index (χ3v) is 7.30. The molecule has 4 aliphatic heterocycles. The third-order valence-electron chi connectivity index (χ3n) is 7.30. The number of cyclic esters (lactones) is 1. The van der Waals surface area contributed by atoms with Gasteiger partial charge in [-0.05, 0) is 57.4 Å². The van der Waals surface area contributed by atoms with Crippen LogP contribution in [0.3, 0.4) is 0 Å². The molecule has 8 atom stereocenters. The predicted octanol–water partition coefficient (Wildman–Crippen LogP) is 4.31. The number of esters is 1. The van der Waals surface area contributed by atoms with Crippen LogP contribution >= 0.6 is 0 Å². The molecule has 4 heterocycles. The van der Waals surface area contributed by atoms with Gasteiger partial charge in [-0.3, -0.25) is 4.79 Å². The highest BCUT2D eigenvalue weighted by molar-refractivity contribution is 5.96. The van der Waals surface area contributed by atoms with Crippen LogP contribution in [0, 0.1) is 5.92 Å². The van der Waals surface area contributed by atoms with Gasteiger partial charge in [0.25, 0.3) is 0 Å². The summed E-state index contributed by atoms with van der Waals surface area (Å²) in [5.41, 5.74) is 2.18. The van der Waals surface area contributed by atoms with Crippen LogP contribution in [-0.2, 0) is 28.5 Å². The van der Waals surface area contributed by atoms with Crippen LogP contribution < -0.4 is 0 Å². The largest absolute Gasteiger partial charge is 0.451 e. The molecule has 2 bridgehead atoms. The molecule has 1 N–H and O–H groups in total. The first-order chi connectivity index (χ1) is 17.8. The van der Waals surface area contributed by atoms with E-state index in [4.69, 9.17) is 18.9 Å². The van der Waals surface area contributed by atoms with E-state index in [-0.39, 0.29) is 36.6 Å². The molecule has 1 saturated heterocycles. The number of aliphatic hydroxyl groups is 1. The van der Waals surface area contributed by atoms with Crippen LogP contribution in [0.5, 0.6) is 0 Å². The molecule has 4 rings (SSSR count). The molecule has 1 fully saturated rings. The summed E-state index contributed by atoms with van der Waals surface area (Å²) in [6.45, 7) is 8.90. The number of epoxide rings is 1.